The van der Waals surface area contributed by atoms with Crippen LogP contribution >= 0.6 is 0 Å². The Bertz CT molecular complexity index is 3280. The monoisotopic (exact) mass is 727 g/mol. The van der Waals surface area contributed by atoms with E-state index < -0.39 is 0 Å². The van der Waals surface area contributed by atoms with Crippen molar-refractivity contribution < 1.29 is 4.42 Å². The van der Waals surface area contributed by atoms with E-state index in [0.717, 1.165) is 60.5 Å². The van der Waals surface area contributed by atoms with E-state index >= 15 is 0 Å². The molecule has 0 saturated carbocycles. The van der Waals surface area contributed by atoms with E-state index in [1.165, 1.54) is 33.0 Å². The third-order valence-corrected chi connectivity index (χ3v) is 10.9. The molecule has 0 bridgehead atoms. The average molecular weight is 728 g/mol. The van der Waals surface area contributed by atoms with Gasteiger partial charge >= 0.3 is 0 Å². The summed E-state index contributed by atoms with van der Waals surface area (Å²) in [6.07, 6.45) is 0. The van der Waals surface area contributed by atoms with Crippen LogP contribution in [-0.2, 0) is 0 Å². The fourth-order valence-corrected chi connectivity index (χ4v) is 8.14. The molecule has 0 N–H and O–H groups in total. The van der Waals surface area contributed by atoms with Gasteiger partial charge in [0, 0.05) is 27.5 Å². The molecule has 0 aliphatic rings. The van der Waals surface area contributed by atoms with Crippen LogP contribution in [0.4, 0.5) is 0 Å². The minimum Gasteiger partial charge on any atom is -0.456 e. The summed E-state index contributed by atoms with van der Waals surface area (Å²) in [5.41, 5.74) is 11.4. The summed E-state index contributed by atoms with van der Waals surface area (Å²) < 4.78 is 6.61. The number of nitrogens with zero attached hydrogens (tertiary/aromatic N) is 3. The predicted octanol–water partition coefficient (Wildman–Crippen LogP) is 14.1. The maximum absolute atomic E-state index is 6.61. The van der Waals surface area contributed by atoms with Crippen molar-refractivity contribution in [3.8, 4) is 67.5 Å². The van der Waals surface area contributed by atoms with Crippen LogP contribution in [-0.4, -0.2) is 15.0 Å². The van der Waals surface area contributed by atoms with Crippen LogP contribution in [0.25, 0.3) is 111 Å². The Hall–Kier alpha value is -7.69. The van der Waals surface area contributed by atoms with Gasteiger partial charge in [-0.15, -0.1) is 0 Å². The Morgan fingerprint density at radius 3 is 1.63 bits per heavy atom. The first-order valence-electron chi connectivity index (χ1n) is 19.2. The lowest BCUT2D eigenvalue weighted by Gasteiger charge is -2.12. The fourth-order valence-electron chi connectivity index (χ4n) is 8.14. The number of aromatic nitrogens is 3. The van der Waals surface area contributed by atoms with Crippen LogP contribution in [0.5, 0.6) is 0 Å². The lowest BCUT2D eigenvalue weighted by molar-refractivity contribution is 0.669. The smallest absolute Gasteiger partial charge is 0.164 e. The van der Waals surface area contributed by atoms with Gasteiger partial charge in [-0.25, -0.2) is 15.0 Å². The van der Waals surface area contributed by atoms with Gasteiger partial charge in [0.05, 0.1) is 0 Å². The molecule has 0 radical (unpaired) electrons. The first-order chi connectivity index (χ1) is 28.2. The number of benzene rings is 9. The summed E-state index contributed by atoms with van der Waals surface area (Å²) >= 11 is 0. The van der Waals surface area contributed by atoms with Crippen LogP contribution in [0, 0.1) is 0 Å². The van der Waals surface area contributed by atoms with E-state index in [9.17, 15) is 0 Å². The minimum absolute atomic E-state index is 0.588. The first-order valence-corrected chi connectivity index (χ1v) is 19.2. The van der Waals surface area contributed by atoms with Crippen molar-refractivity contribution in [2.24, 2.45) is 0 Å². The highest BCUT2D eigenvalue weighted by atomic mass is 16.3. The van der Waals surface area contributed by atoms with Crippen molar-refractivity contribution in [3.05, 3.63) is 200 Å². The van der Waals surface area contributed by atoms with Crippen molar-refractivity contribution in [2.75, 3.05) is 0 Å². The highest BCUT2D eigenvalue weighted by Gasteiger charge is 2.18. The molecule has 0 fully saturated rings. The molecule has 57 heavy (non-hydrogen) atoms. The Balaban J connectivity index is 1.02. The predicted molar refractivity (Wildman–Crippen MR) is 235 cm³/mol. The molecular weight excluding hydrogens is 695 g/mol. The number of fused-ring (bicyclic) bond motifs is 6. The van der Waals surface area contributed by atoms with Gasteiger partial charge in [0.15, 0.2) is 17.5 Å². The Morgan fingerprint density at radius 2 is 0.842 bits per heavy atom. The molecule has 4 heteroatoms. The Morgan fingerprint density at radius 1 is 0.281 bits per heavy atom. The molecule has 4 nitrogen and oxygen atoms in total. The van der Waals surface area contributed by atoms with E-state index in [0.29, 0.717) is 17.5 Å². The maximum atomic E-state index is 6.61. The van der Waals surface area contributed by atoms with E-state index in [-0.39, 0.29) is 0 Å². The van der Waals surface area contributed by atoms with Gasteiger partial charge in [-0.1, -0.05) is 170 Å². The third-order valence-electron chi connectivity index (χ3n) is 10.9. The van der Waals surface area contributed by atoms with Crippen LogP contribution in [0.2, 0.25) is 0 Å². The third kappa shape index (κ3) is 5.83. The second kappa shape index (κ2) is 13.6. The largest absolute Gasteiger partial charge is 0.456 e. The van der Waals surface area contributed by atoms with Crippen LogP contribution in [0.3, 0.4) is 0 Å². The second-order valence-corrected chi connectivity index (χ2v) is 14.4. The molecule has 0 atom stereocenters. The second-order valence-electron chi connectivity index (χ2n) is 14.4. The molecule has 0 spiro atoms. The van der Waals surface area contributed by atoms with Crippen molar-refractivity contribution in [3.63, 3.8) is 0 Å². The van der Waals surface area contributed by atoms with Gasteiger partial charge in [0.2, 0.25) is 0 Å². The molecule has 266 valence electrons. The van der Waals surface area contributed by atoms with Crippen LogP contribution in [0.1, 0.15) is 0 Å². The Kier molecular flexibility index (Phi) is 7.78. The highest BCUT2D eigenvalue weighted by molar-refractivity contribution is 6.14. The normalized spacial score (nSPS) is 11.5. The van der Waals surface area contributed by atoms with Gasteiger partial charge in [-0.05, 0) is 85.3 Å². The molecule has 0 amide bonds. The molecule has 9 aromatic carbocycles. The zero-order valence-electron chi connectivity index (χ0n) is 30.8. The number of hydrogen-bond acceptors (Lipinski definition) is 4. The molecule has 0 saturated heterocycles. The number of hydrogen-bond donors (Lipinski definition) is 0. The number of rotatable bonds is 6. The Labute approximate surface area is 329 Å². The van der Waals surface area contributed by atoms with Crippen molar-refractivity contribution in [2.45, 2.75) is 0 Å². The van der Waals surface area contributed by atoms with E-state index in [1.54, 1.807) is 0 Å². The van der Waals surface area contributed by atoms with Crippen LogP contribution in [0.15, 0.2) is 205 Å². The fraction of sp³-hybridized carbons (Fsp3) is 0. The van der Waals surface area contributed by atoms with Gasteiger partial charge in [-0.2, -0.15) is 0 Å². The molecule has 0 unspecified atom stereocenters. The van der Waals surface area contributed by atoms with Gasteiger partial charge in [0.1, 0.15) is 11.2 Å². The number of furan rings is 1. The molecule has 2 heterocycles. The lowest BCUT2D eigenvalue weighted by atomic mass is 9.95. The van der Waals surface area contributed by atoms with E-state index in [1.807, 2.05) is 42.5 Å². The summed E-state index contributed by atoms with van der Waals surface area (Å²) in [6.45, 7) is 0. The van der Waals surface area contributed by atoms with Crippen molar-refractivity contribution in [1.29, 1.82) is 0 Å². The molecule has 11 rings (SSSR count). The van der Waals surface area contributed by atoms with Gasteiger partial charge < -0.3 is 4.42 Å². The van der Waals surface area contributed by atoms with E-state index in [2.05, 4.69) is 158 Å². The van der Waals surface area contributed by atoms with Crippen molar-refractivity contribution >= 4 is 43.5 Å². The topological polar surface area (TPSA) is 51.8 Å². The quantitative estimate of drug-likeness (QED) is 0.160. The molecular formula is C53H33N3O. The first kappa shape index (κ1) is 32.7. The van der Waals surface area contributed by atoms with Gasteiger partial charge in [0.25, 0.3) is 0 Å². The maximum Gasteiger partial charge on any atom is 0.164 e. The van der Waals surface area contributed by atoms with E-state index in [4.69, 9.17) is 19.4 Å². The molecule has 2 aromatic heterocycles. The summed E-state index contributed by atoms with van der Waals surface area (Å²) in [7, 11) is 0. The SMILES string of the molecule is c1ccc(-c2ccc(-c3cccc(-c4cccc5oc6cc(-c7nc(-c8ccccc8)nc(-c8cc9ccccc9c9ccccc89)n7)ccc6c45)c3)cc2)cc1. The molecule has 0 aliphatic carbocycles. The lowest BCUT2D eigenvalue weighted by Crippen LogP contribution is -2.00. The minimum atomic E-state index is 0.588. The van der Waals surface area contributed by atoms with Crippen molar-refractivity contribution in [1.82, 2.24) is 15.0 Å². The summed E-state index contributed by atoms with van der Waals surface area (Å²) in [4.78, 5) is 15.3. The summed E-state index contributed by atoms with van der Waals surface area (Å²) in [6, 6.07) is 69.9. The standard InChI is InChI=1S/C53H33N3O/c1-3-13-34(14-4-1)35-25-27-36(28-26-35)38-18-11-19-39(31-38)43-23-12-24-48-50(43)46-30-29-41(33-49(46)57-48)52-54-51(37-15-5-2-6-16-37)55-53(56-52)47-32-40-17-7-8-20-42(40)44-21-9-10-22-45(44)47/h1-33H. The zero-order chi connectivity index (χ0) is 37.7. The summed E-state index contributed by atoms with van der Waals surface area (Å²) in [5.74, 6) is 1.83. The van der Waals surface area contributed by atoms with Crippen LogP contribution < -0.4 is 0 Å². The average Bonchev–Trinajstić information content (AvgIpc) is 3.68. The zero-order valence-corrected chi connectivity index (χ0v) is 30.8. The van der Waals surface area contributed by atoms with Gasteiger partial charge in [-0.3, -0.25) is 0 Å². The summed E-state index contributed by atoms with van der Waals surface area (Å²) in [5, 5.41) is 6.73. The molecule has 0 aliphatic heterocycles. The molecule has 11 aromatic rings. The highest BCUT2D eigenvalue weighted by Crippen LogP contribution is 2.40.